The maximum Gasteiger partial charge on any atom is 0.276 e. The Morgan fingerprint density at radius 1 is 1.15 bits per heavy atom. The molecule has 1 aliphatic heterocycles. The third kappa shape index (κ3) is 4.34. The second kappa shape index (κ2) is 8.92. The highest BCUT2D eigenvalue weighted by Gasteiger charge is 2.17. The van der Waals surface area contributed by atoms with Gasteiger partial charge in [-0.2, -0.15) is 0 Å². The van der Waals surface area contributed by atoms with Crippen LogP contribution in [0.25, 0.3) is 15.9 Å². The molecule has 3 heterocycles. The minimum absolute atomic E-state index is 0.120. The fourth-order valence-electron chi connectivity index (χ4n) is 3.69. The summed E-state index contributed by atoms with van der Waals surface area (Å²) in [4.78, 5) is 30.6. The van der Waals surface area contributed by atoms with Gasteiger partial charge in [-0.15, -0.1) is 11.3 Å². The van der Waals surface area contributed by atoms with Gasteiger partial charge in [-0.05, 0) is 54.6 Å². The quantitative estimate of drug-likeness (QED) is 0.330. The van der Waals surface area contributed by atoms with Crippen LogP contribution in [0, 0.1) is 13.8 Å². The van der Waals surface area contributed by atoms with Crippen molar-refractivity contribution in [1.82, 2.24) is 14.9 Å². The molecule has 0 spiro atoms. The number of aryl methyl sites for hydroxylation is 2. The Balaban J connectivity index is 1.36. The Kier molecular flexibility index (Phi) is 5.82. The Bertz CT molecular complexity index is 1430. The zero-order valence-corrected chi connectivity index (χ0v) is 19.7. The number of aromatic nitrogens is 2. The Morgan fingerprint density at radius 2 is 2.00 bits per heavy atom. The molecule has 5 rings (SSSR count). The van der Waals surface area contributed by atoms with Crippen molar-refractivity contribution >= 4 is 39.2 Å². The van der Waals surface area contributed by atoms with E-state index in [1.54, 1.807) is 4.57 Å². The van der Waals surface area contributed by atoms with Gasteiger partial charge in [0.25, 0.3) is 5.56 Å². The molecule has 9 heteroatoms. The topological polar surface area (TPSA) is 82.5 Å². The van der Waals surface area contributed by atoms with Gasteiger partial charge in [0.05, 0.1) is 17.0 Å². The number of nitrogens with one attached hydrogen (secondary N) is 1. The smallest absolute Gasteiger partial charge is 0.276 e. The first-order valence-corrected chi connectivity index (χ1v) is 12.2. The lowest BCUT2D eigenvalue weighted by molar-refractivity contribution is -0.118. The Hall–Kier alpha value is -3.30. The molecule has 2 aromatic carbocycles. The first-order chi connectivity index (χ1) is 16.0. The molecule has 168 valence electrons. The molecule has 0 fully saturated rings. The Labute approximate surface area is 198 Å². The van der Waals surface area contributed by atoms with Crippen molar-refractivity contribution in [2.45, 2.75) is 25.5 Å². The number of hydrogen-bond acceptors (Lipinski definition) is 7. The third-order valence-corrected chi connectivity index (χ3v) is 7.13. The van der Waals surface area contributed by atoms with Crippen molar-refractivity contribution in [1.29, 1.82) is 0 Å². The molecular formula is C24H21N3O4S2. The lowest BCUT2D eigenvalue weighted by Gasteiger charge is -2.14. The average molecular weight is 480 g/mol. The number of nitrogens with zero attached hydrogens (tertiary/aromatic N) is 2. The first-order valence-electron chi connectivity index (χ1n) is 10.4. The second-order valence-corrected chi connectivity index (χ2v) is 9.57. The van der Waals surface area contributed by atoms with Crippen LogP contribution in [0.1, 0.15) is 16.7 Å². The Morgan fingerprint density at radius 3 is 2.85 bits per heavy atom. The molecule has 1 N–H and O–H groups in total. The van der Waals surface area contributed by atoms with E-state index in [0.29, 0.717) is 33.4 Å². The van der Waals surface area contributed by atoms with Crippen LogP contribution in [-0.2, 0) is 11.3 Å². The van der Waals surface area contributed by atoms with Crippen LogP contribution in [-0.4, -0.2) is 28.0 Å². The maximum absolute atomic E-state index is 13.3. The van der Waals surface area contributed by atoms with Crippen molar-refractivity contribution in [3.63, 3.8) is 0 Å². The summed E-state index contributed by atoms with van der Waals surface area (Å²) >= 11 is 2.63. The number of fused-ring (bicyclic) bond motifs is 2. The monoisotopic (exact) mass is 479 g/mol. The van der Waals surface area contributed by atoms with E-state index < -0.39 is 0 Å². The molecule has 0 atom stereocenters. The van der Waals surface area contributed by atoms with Crippen LogP contribution in [0.4, 0.5) is 0 Å². The van der Waals surface area contributed by atoms with E-state index in [9.17, 15) is 9.59 Å². The van der Waals surface area contributed by atoms with E-state index in [2.05, 4.69) is 5.32 Å². The molecule has 0 bridgehead atoms. The molecule has 4 aromatic rings. The van der Waals surface area contributed by atoms with E-state index in [4.69, 9.17) is 14.5 Å². The van der Waals surface area contributed by atoms with Crippen molar-refractivity contribution in [2.24, 2.45) is 0 Å². The molecule has 0 aliphatic carbocycles. The van der Waals surface area contributed by atoms with E-state index >= 15 is 0 Å². The van der Waals surface area contributed by atoms with Gasteiger partial charge in [0.2, 0.25) is 12.7 Å². The van der Waals surface area contributed by atoms with Gasteiger partial charge >= 0.3 is 0 Å². The second-order valence-electron chi connectivity index (χ2n) is 7.71. The lowest BCUT2D eigenvalue weighted by atomic mass is 10.1. The standard InChI is InChI=1S/C24H21N3O4S2/c1-14-3-5-18(15(2)9-14)27-23(29)22-17(7-8-32-22)26-24(27)33-12-21(28)25-11-16-4-6-19-20(10-16)31-13-30-19/h3-10H,11-13H2,1-2H3,(H,25,28). The van der Waals surface area contributed by atoms with Gasteiger partial charge in [-0.25, -0.2) is 4.98 Å². The van der Waals surface area contributed by atoms with E-state index in [0.717, 1.165) is 22.4 Å². The zero-order valence-electron chi connectivity index (χ0n) is 18.1. The molecule has 1 amide bonds. The highest BCUT2D eigenvalue weighted by Crippen LogP contribution is 2.32. The molecule has 1 aliphatic rings. The number of carbonyl (C=O) groups is 1. The number of hydrogen-bond donors (Lipinski definition) is 1. The summed E-state index contributed by atoms with van der Waals surface area (Å²) < 4.78 is 12.9. The van der Waals surface area contributed by atoms with Gasteiger partial charge in [-0.1, -0.05) is 35.5 Å². The van der Waals surface area contributed by atoms with Crippen molar-refractivity contribution in [3.05, 3.63) is 74.9 Å². The fourth-order valence-corrected chi connectivity index (χ4v) is 5.29. The molecule has 0 unspecified atom stereocenters. The maximum atomic E-state index is 13.3. The van der Waals surface area contributed by atoms with Crippen molar-refractivity contribution < 1.29 is 14.3 Å². The summed E-state index contributed by atoms with van der Waals surface area (Å²) in [6.45, 7) is 4.57. The van der Waals surface area contributed by atoms with Gasteiger partial charge in [-0.3, -0.25) is 14.2 Å². The minimum atomic E-state index is -0.149. The molecule has 0 radical (unpaired) electrons. The molecule has 0 saturated carbocycles. The molecule has 7 nitrogen and oxygen atoms in total. The fraction of sp³-hybridized carbons (Fsp3) is 0.208. The lowest BCUT2D eigenvalue weighted by Crippen LogP contribution is -2.26. The predicted molar refractivity (Wildman–Crippen MR) is 130 cm³/mol. The van der Waals surface area contributed by atoms with Gasteiger partial charge in [0.1, 0.15) is 4.70 Å². The largest absolute Gasteiger partial charge is 0.454 e. The van der Waals surface area contributed by atoms with Crippen LogP contribution in [0.3, 0.4) is 0 Å². The first kappa shape index (κ1) is 21.5. The van der Waals surface area contributed by atoms with E-state index in [1.165, 1.54) is 23.1 Å². The predicted octanol–water partition coefficient (Wildman–Crippen LogP) is 4.20. The highest BCUT2D eigenvalue weighted by atomic mass is 32.2. The highest BCUT2D eigenvalue weighted by molar-refractivity contribution is 7.99. The average Bonchev–Trinajstić information content (AvgIpc) is 3.46. The van der Waals surface area contributed by atoms with Crippen LogP contribution >= 0.6 is 23.1 Å². The van der Waals surface area contributed by atoms with Crippen LogP contribution < -0.4 is 20.3 Å². The summed E-state index contributed by atoms with van der Waals surface area (Å²) in [5.41, 5.74) is 4.31. The zero-order chi connectivity index (χ0) is 22.9. The number of thiophene rings is 1. The summed E-state index contributed by atoms with van der Waals surface area (Å²) in [7, 11) is 0. The molecule has 33 heavy (non-hydrogen) atoms. The molecule has 0 saturated heterocycles. The summed E-state index contributed by atoms with van der Waals surface area (Å²) in [5, 5.41) is 5.27. The van der Waals surface area contributed by atoms with Crippen LogP contribution in [0.2, 0.25) is 0 Å². The van der Waals surface area contributed by atoms with Gasteiger partial charge in [0, 0.05) is 6.54 Å². The number of ether oxygens (including phenoxy) is 2. The minimum Gasteiger partial charge on any atom is -0.454 e. The SMILES string of the molecule is Cc1ccc(-n2c(SCC(=O)NCc3ccc4c(c3)OCO4)nc3ccsc3c2=O)c(C)c1. The molecule has 2 aromatic heterocycles. The van der Waals surface area contributed by atoms with Crippen molar-refractivity contribution in [3.8, 4) is 17.2 Å². The third-order valence-electron chi connectivity index (χ3n) is 5.30. The summed E-state index contributed by atoms with van der Waals surface area (Å²) in [6, 6.07) is 13.4. The van der Waals surface area contributed by atoms with E-state index in [-0.39, 0.29) is 24.0 Å². The summed E-state index contributed by atoms with van der Waals surface area (Å²) in [5.74, 6) is 1.38. The van der Waals surface area contributed by atoms with Crippen LogP contribution in [0.5, 0.6) is 11.5 Å². The number of thioether (sulfide) groups is 1. The summed E-state index contributed by atoms with van der Waals surface area (Å²) in [6.07, 6.45) is 0. The normalized spacial score (nSPS) is 12.3. The van der Waals surface area contributed by atoms with E-state index in [1.807, 2.05) is 61.7 Å². The number of rotatable bonds is 6. The molecular weight excluding hydrogens is 458 g/mol. The number of benzene rings is 2. The number of amides is 1. The van der Waals surface area contributed by atoms with Gasteiger partial charge in [0.15, 0.2) is 16.7 Å². The van der Waals surface area contributed by atoms with Crippen molar-refractivity contribution in [2.75, 3.05) is 12.5 Å². The number of carbonyl (C=O) groups excluding carboxylic acids is 1. The van der Waals surface area contributed by atoms with Crippen LogP contribution in [0.15, 0.2) is 57.8 Å². The van der Waals surface area contributed by atoms with Gasteiger partial charge < -0.3 is 14.8 Å².